The third kappa shape index (κ3) is 6.39. The van der Waals surface area contributed by atoms with Crippen molar-refractivity contribution in [1.82, 2.24) is 23.7 Å². The standard InChI is InChI=1S/C73H41N7S/c1-75-49-24-33-68-58(42-49)57-39-46(22-32-67(57)78(68)50-11-3-2-4-12-50)48-20-29-59-70(41-48)81-69-34-23-47(40-62(69)73(59)60-15-9-35-76-71(60)72-61(73)16-10-36-77-72)45-21-31-66-56(38-45)55-37-44(43-74)19-30-65(55)80(66)52-27-25-51(26-28-52)79-63-17-7-5-13-53(63)54-14-6-8-18-64(54)79/h2-42H. The van der Waals surface area contributed by atoms with Crippen molar-refractivity contribution >= 4 is 82.9 Å². The summed E-state index contributed by atoms with van der Waals surface area (Å²) in [7, 11) is 0. The molecule has 0 saturated carbocycles. The smallest absolute Gasteiger partial charge is 0.188 e. The van der Waals surface area contributed by atoms with Gasteiger partial charge in [0.1, 0.15) is 0 Å². The molecule has 15 aromatic rings. The molecule has 6 heterocycles. The van der Waals surface area contributed by atoms with Gasteiger partial charge >= 0.3 is 0 Å². The fourth-order valence-electron chi connectivity index (χ4n) is 13.6. The number of para-hydroxylation sites is 3. The molecule has 0 saturated heterocycles. The number of hydrogen-bond acceptors (Lipinski definition) is 4. The van der Waals surface area contributed by atoms with Gasteiger partial charge < -0.3 is 13.7 Å². The van der Waals surface area contributed by atoms with E-state index in [9.17, 15) is 5.26 Å². The first-order valence-electron chi connectivity index (χ1n) is 27.0. The van der Waals surface area contributed by atoms with Gasteiger partial charge in [-0.1, -0.05) is 115 Å². The molecule has 10 aromatic carbocycles. The summed E-state index contributed by atoms with van der Waals surface area (Å²) in [6.07, 6.45) is 3.76. The molecule has 2 aliphatic rings. The number of benzene rings is 10. The molecule has 374 valence electrons. The number of nitrogens with zero attached hydrogens (tertiary/aromatic N) is 7. The van der Waals surface area contributed by atoms with Crippen LogP contribution in [0.1, 0.15) is 27.8 Å². The van der Waals surface area contributed by atoms with Crippen LogP contribution in [-0.4, -0.2) is 23.7 Å². The second-order valence-corrected chi connectivity index (χ2v) is 22.2. The van der Waals surface area contributed by atoms with Gasteiger partial charge in [-0.3, -0.25) is 9.97 Å². The Balaban J connectivity index is 0.810. The van der Waals surface area contributed by atoms with Crippen LogP contribution in [0.4, 0.5) is 5.69 Å². The molecule has 81 heavy (non-hydrogen) atoms. The summed E-state index contributed by atoms with van der Waals surface area (Å²) in [4.78, 5) is 16.3. The van der Waals surface area contributed by atoms with Crippen molar-refractivity contribution < 1.29 is 0 Å². The topological polar surface area (TPSA) is 68.7 Å². The predicted molar refractivity (Wildman–Crippen MR) is 328 cm³/mol. The molecule has 0 atom stereocenters. The Kier molecular flexibility index (Phi) is 9.56. The average molecular weight is 1050 g/mol. The van der Waals surface area contributed by atoms with Crippen molar-refractivity contribution in [3.63, 3.8) is 0 Å². The van der Waals surface area contributed by atoms with Crippen LogP contribution < -0.4 is 0 Å². The maximum atomic E-state index is 10.2. The monoisotopic (exact) mass is 1050 g/mol. The fraction of sp³-hybridized carbons (Fsp3) is 0.0137. The highest BCUT2D eigenvalue weighted by Crippen LogP contribution is 2.62. The van der Waals surface area contributed by atoms with Crippen LogP contribution in [0.3, 0.4) is 0 Å². The lowest BCUT2D eigenvalue weighted by atomic mass is 9.67. The molecule has 0 fully saturated rings. The molecule has 5 aromatic heterocycles. The van der Waals surface area contributed by atoms with E-state index < -0.39 is 5.41 Å². The highest BCUT2D eigenvalue weighted by atomic mass is 32.2. The number of fused-ring (bicyclic) bond motifs is 18. The van der Waals surface area contributed by atoms with Crippen LogP contribution >= 0.6 is 11.8 Å². The van der Waals surface area contributed by atoms with Gasteiger partial charge in [0.05, 0.1) is 68.1 Å². The summed E-state index contributed by atoms with van der Waals surface area (Å²) in [6, 6.07) is 87.1. The second kappa shape index (κ2) is 17.1. The molecule has 1 aliphatic carbocycles. The minimum atomic E-state index is -0.714. The van der Waals surface area contributed by atoms with Crippen LogP contribution in [0, 0.1) is 17.9 Å². The van der Waals surface area contributed by atoms with Crippen LogP contribution in [0.2, 0.25) is 0 Å². The van der Waals surface area contributed by atoms with Crippen molar-refractivity contribution in [3.05, 3.63) is 288 Å². The van der Waals surface area contributed by atoms with Crippen molar-refractivity contribution in [3.8, 4) is 56.8 Å². The minimum Gasteiger partial charge on any atom is -0.309 e. The second-order valence-electron chi connectivity index (χ2n) is 21.1. The Bertz CT molecular complexity index is 5200. The maximum Gasteiger partial charge on any atom is 0.188 e. The molecule has 17 rings (SSSR count). The minimum absolute atomic E-state index is 0.620. The largest absolute Gasteiger partial charge is 0.309 e. The van der Waals surface area contributed by atoms with E-state index in [4.69, 9.17) is 16.5 Å². The van der Waals surface area contributed by atoms with Gasteiger partial charge in [-0.25, -0.2) is 4.85 Å². The van der Waals surface area contributed by atoms with Crippen LogP contribution in [0.25, 0.3) is 121 Å². The van der Waals surface area contributed by atoms with Crippen LogP contribution in [0.5, 0.6) is 0 Å². The van der Waals surface area contributed by atoms with Gasteiger partial charge in [0, 0.05) is 66.2 Å². The first-order chi connectivity index (χ1) is 40.0. The number of pyridine rings is 2. The molecular formula is C73H41N7S. The van der Waals surface area contributed by atoms with Crippen LogP contribution in [-0.2, 0) is 5.41 Å². The van der Waals surface area contributed by atoms with Crippen molar-refractivity contribution in [2.75, 3.05) is 0 Å². The van der Waals surface area contributed by atoms with E-state index in [0.29, 0.717) is 11.3 Å². The third-order valence-electron chi connectivity index (χ3n) is 17.0. The van der Waals surface area contributed by atoms with E-state index in [-0.39, 0.29) is 0 Å². The van der Waals surface area contributed by atoms with Crippen molar-refractivity contribution in [2.24, 2.45) is 0 Å². The number of aromatic nitrogens is 5. The van der Waals surface area contributed by atoms with Crippen LogP contribution in [0.15, 0.2) is 259 Å². The zero-order valence-electron chi connectivity index (χ0n) is 43.2. The quantitative estimate of drug-likeness (QED) is 0.161. The summed E-state index contributed by atoms with van der Waals surface area (Å²) in [5, 5.41) is 17.0. The summed E-state index contributed by atoms with van der Waals surface area (Å²) in [5.74, 6) is 0. The van der Waals surface area contributed by atoms with E-state index in [2.05, 4.69) is 231 Å². The molecule has 8 heteroatoms. The predicted octanol–water partition coefficient (Wildman–Crippen LogP) is 18.4. The van der Waals surface area contributed by atoms with Gasteiger partial charge in [0.25, 0.3) is 0 Å². The number of nitriles is 1. The lowest BCUT2D eigenvalue weighted by Crippen LogP contribution is -2.32. The Labute approximate surface area is 469 Å². The maximum absolute atomic E-state index is 10.2. The molecule has 1 aliphatic heterocycles. The Morgan fingerprint density at radius 1 is 0.383 bits per heavy atom. The third-order valence-corrected chi connectivity index (χ3v) is 18.2. The number of hydrogen-bond donors (Lipinski definition) is 0. The lowest BCUT2D eigenvalue weighted by Gasteiger charge is -2.39. The summed E-state index contributed by atoms with van der Waals surface area (Å²) < 4.78 is 6.97. The van der Waals surface area contributed by atoms with Gasteiger partial charge in [-0.15, -0.1) is 0 Å². The van der Waals surface area contributed by atoms with Gasteiger partial charge in [0.2, 0.25) is 0 Å². The normalized spacial score (nSPS) is 13.0. The van der Waals surface area contributed by atoms with E-state index in [1.54, 1.807) is 0 Å². The molecule has 0 bridgehead atoms. The summed E-state index contributed by atoms with van der Waals surface area (Å²) in [5.41, 5.74) is 21.1. The molecule has 0 unspecified atom stereocenters. The first-order valence-corrected chi connectivity index (χ1v) is 27.8. The summed E-state index contributed by atoms with van der Waals surface area (Å²) >= 11 is 1.81. The van der Waals surface area contributed by atoms with E-state index in [0.717, 1.165) is 105 Å². The van der Waals surface area contributed by atoms with Crippen molar-refractivity contribution in [1.29, 1.82) is 5.26 Å². The lowest BCUT2D eigenvalue weighted by molar-refractivity contribution is 0.720. The Hall–Kier alpha value is -10.8. The van der Waals surface area contributed by atoms with Gasteiger partial charge in [0.15, 0.2) is 5.69 Å². The van der Waals surface area contributed by atoms with Gasteiger partial charge in [-0.2, -0.15) is 5.26 Å². The zero-order valence-corrected chi connectivity index (χ0v) is 44.0. The number of rotatable bonds is 5. The summed E-state index contributed by atoms with van der Waals surface area (Å²) in [6.45, 7) is 7.88. The van der Waals surface area contributed by atoms with Crippen molar-refractivity contribution in [2.45, 2.75) is 15.2 Å². The molecule has 0 radical (unpaired) electrons. The fourth-order valence-corrected chi connectivity index (χ4v) is 14.8. The SMILES string of the molecule is [C-]#[N+]c1ccc2c(c1)c1cc(-c3ccc4c(c3)Sc3ccc(-c5ccc6c(c5)c5cc(C#N)ccc5n6-c5ccc(-n6c7ccccc7c7ccccc76)cc5)cc3C43c4cccnc4-c4ncccc43)ccc1n2-c1ccccc1. The molecule has 7 nitrogen and oxygen atoms in total. The highest BCUT2D eigenvalue weighted by molar-refractivity contribution is 7.99. The molecule has 1 spiro atoms. The molecule has 0 amide bonds. The van der Waals surface area contributed by atoms with E-state index in [1.165, 1.54) is 42.7 Å². The van der Waals surface area contributed by atoms with E-state index in [1.807, 2.05) is 54.5 Å². The first kappa shape index (κ1) is 45.3. The average Bonchev–Trinajstić information content (AvgIpc) is 4.05. The molecular weight excluding hydrogens is 1010 g/mol. The van der Waals surface area contributed by atoms with E-state index >= 15 is 0 Å². The zero-order chi connectivity index (χ0) is 53.5. The Morgan fingerprint density at radius 2 is 0.864 bits per heavy atom. The molecule has 0 N–H and O–H groups in total. The Morgan fingerprint density at radius 3 is 1.47 bits per heavy atom. The highest BCUT2D eigenvalue weighted by Gasteiger charge is 2.51. The van der Waals surface area contributed by atoms with Gasteiger partial charge in [-0.05, 0) is 183 Å².